The highest BCUT2D eigenvalue weighted by molar-refractivity contribution is 7.94. The van der Waals surface area contributed by atoms with E-state index in [2.05, 4.69) is 15.7 Å². The van der Waals surface area contributed by atoms with Gasteiger partial charge in [0.05, 0.1) is 21.1 Å². The molecule has 0 radical (unpaired) electrons. The van der Waals surface area contributed by atoms with Crippen LogP contribution in [0, 0.1) is 11.3 Å². The lowest BCUT2D eigenvalue weighted by Crippen LogP contribution is -2.53. The zero-order chi connectivity index (χ0) is 27.9. The summed E-state index contributed by atoms with van der Waals surface area (Å²) in [7, 11) is -2.10. The van der Waals surface area contributed by atoms with Crippen LogP contribution in [0.2, 0.25) is 0 Å². The van der Waals surface area contributed by atoms with Gasteiger partial charge in [0.15, 0.2) is 15.5 Å². The van der Waals surface area contributed by atoms with Crippen molar-refractivity contribution in [3.8, 4) is 6.07 Å². The Labute approximate surface area is 222 Å². The van der Waals surface area contributed by atoms with Crippen molar-refractivity contribution in [3.05, 3.63) is 52.3 Å². The third kappa shape index (κ3) is 4.90. The number of sulfone groups is 1. The van der Waals surface area contributed by atoms with Gasteiger partial charge in [-0.1, -0.05) is 12.1 Å². The summed E-state index contributed by atoms with van der Waals surface area (Å²) in [5, 5.41) is 18.7. The lowest BCUT2D eigenvalue weighted by Gasteiger charge is -2.35. The number of amides is 3. The van der Waals surface area contributed by atoms with Crippen molar-refractivity contribution in [1.82, 2.24) is 25.3 Å². The fourth-order valence-electron chi connectivity index (χ4n) is 4.88. The number of rotatable bonds is 9. The van der Waals surface area contributed by atoms with Gasteiger partial charge in [0.25, 0.3) is 11.8 Å². The normalized spacial score (nSPS) is 16.4. The molecule has 202 valence electrons. The monoisotopic (exact) mass is 540 g/mol. The lowest BCUT2D eigenvalue weighted by molar-refractivity contribution is -0.119. The van der Waals surface area contributed by atoms with Crippen LogP contribution in [0.15, 0.2) is 24.3 Å². The van der Waals surface area contributed by atoms with Gasteiger partial charge < -0.3 is 15.5 Å². The number of fused-ring (bicyclic) bond motifs is 1. The minimum atomic E-state index is -3.69. The van der Waals surface area contributed by atoms with Crippen LogP contribution in [0.3, 0.4) is 0 Å². The number of aromatic nitrogens is 2. The molecule has 38 heavy (non-hydrogen) atoms. The van der Waals surface area contributed by atoms with E-state index in [-0.39, 0.29) is 49.4 Å². The van der Waals surface area contributed by atoms with Crippen LogP contribution in [0.1, 0.15) is 71.3 Å². The van der Waals surface area contributed by atoms with E-state index in [0.29, 0.717) is 30.4 Å². The molecular formula is C26H32N6O5S. The molecule has 1 aromatic heterocycles. The summed E-state index contributed by atoms with van der Waals surface area (Å²) >= 11 is 0. The molecule has 1 aromatic carbocycles. The molecule has 2 heterocycles. The van der Waals surface area contributed by atoms with Gasteiger partial charge in [-0.05, 0) is 50.8 Å². The van der Waals surface area contributed by atoms with Crippen LogP contribution >= 0.6 is 0 Å². The fraction of sp³-hybridized carbons (Fsp3) is 0.500. The molecule has 1 aliphatic carbocycles. The van der Waals surface area contributed by atoms with E-state index < -0.39 is 25.2 Å². The van der Waals surface area contributed by atoms with E-state index in [0.717, 1.165) is 5.56 Å². The Morgan fingerprint density at radius 1 is 1.18 bits per heavy atom. The van der Waals surface area contributed by atoms with Crippen molar-refractivity contribution in [2.45, 2.75) is 56.1 Å². The van der Waals surface area contributed by atoms with Gasteiger partial charge in [-0.2, -0.15) is 10.4 Å². The standard InChI is InChI=1S/C26H32N6O5S/c1-17(33)29-15-25(2,3)38(36,37)26(10-11-26)16-32-12-9-20-21(30-31(4)22(20)24(32)35)23(34)28-14-19-7-5-18(13-27)6-8-19/h5-8H,9-12,14-16H2,1-4H3,(H,28,34)(H,29,33). The Morgan fingerprint density at radius 2 is 1.84 bits per heavy atom. The second kappa shape index (κ2) is 9.87. The summed E-state index contributed by atoms with van der Waals surface area (Å²) in [6, 6.07) is 8.91. The van der Waals surface area contributed by atoms with Gasteiger partial charge in [-0.3, -0.25) is 19.1 Å². The quantitative estimate of drug-likeness (QED) is 0.482. The minimum Gasteiger partial charge on any atom is -0.355 e. The van der Waals surface area contributed by atoms with E-state index >= 15 is 0 Å². The fourth-order valence-corrected chi connectivity index (χ4v) is 7.28. The van der Waals surface area contributed by atoms with E-state index in [4.69, 9.17) is 5.26 Å². The molecule has 2 aliphatic rings. The molecule has 2 aromatic rings. The highest BCUT2D eigenvalue weighted by atomic mass is 32.2. The molecule has 0 unspecified atom stereocenters. The van der Waals surface area contributed by atoms with Crippen LogP contribution in [-0.2, 0) is 34.6 Å². The molecule has 0 saturated heterocycles. The Morgan fingerprint density at radius 3 is 2.42 bits per heavy atom. The molecule has 12 heteroatoms. The number of hydrogen-bond acceptors (Lipinski definition) is 7. The lowest BCUT2D eigenvalue weighted by atomic mass is 10.0. The molecule has 0 atom stereocenters. The van der Waals surface area contributed by atoms with Crippen molar-refractivity contribution in [2.24, 2.45) is 7.05 Å². The highest BCUT2D eigenvalue weighted by Crippen LogP contribution is 2.49. The van der Waals surface area contributed by atoms with Gasteiger partial charge in [0.2, 0.25) is 5.91 Å². The van der Waals surface area contributed by atoms with Gasteiger partial charge in [0, 0.05) is 45.7 Å². The third-order valence-corrected chi connectivity index (χ3v) is 10.6. The average molecular weight is 541 g/mol. The molecule has 2 N–H and O–H groups in total. The molecule has 1 aliphatic heterocycles. The smallest absolute Gasteiger partial charge is 0.272 e. The van der Waals surface area contributed by atoms with Crippen LogP contribution in [-0.4, -0.2) is 69.9 Å². The molecule has 4 rings (SSSR count). The number of nitrogens with zero attached hydrogens (tertiary/aromatic N) is 4. The summed E-state index contributed by atoms with van der Waals surface area (Å²) < 4.78 is 26.3. The van der Waals surface area contributed by atoms with Gasteiger partial charge in [0.1, 0.15) is 5.69 Å². The second-order valence-corrected chi connectivity index (χ2v) is 13.6. The summed E-state index contributed by atoms with van der Waals surface area (Å²) in [5.41, 5.74) is 2.35. The van der Waals surface area contributed by atoms with Crippen LogP contribution in [0.4, 0.5) is 0 Å². The van der Waals surface area contributed by atoms with E-state index in [1.165, 1.54) is 11.6 Å². The molecular weight excluding hydrogens is 508 g/mol. The van der Waals surface area contributed by atoms with Crippen molar-refractivity contribution < 1.29 is 22.8 Å². The maximum absolute atomic E-state index is 13.6. The molecule has 3 amide bonds. The Kier molecular flexibility index (Phi) is 7.09. The topological polar surface area (TPSA) is 154 Å². The largest absolute Gasteiger partial charge is 0.355 e. The number of hydrogen-bond donors (Lipinski definition) is 2. The van der Waals surface area contributed by atoms with Crippen molar-refractivity contribution in [3.63, 3.8) is 0 Å². The number of nitrogens with one attached hydrogen (secondary N) is 2. The van der Waals surface area contributed by atoms with Gasteiger partial charge in [-0.25, -0.2) is 8.42 Å². The first-order chi connectivity index (χ1) is 17.8. The summed E-state index contributed by atoms with van der Waals surface area (Å²) in [5.74, 6) is -1.06. The zero-order valence-corrected chi connectivity index (χ0v) is 22.8. The van der Waals surface area contributed by atoms with Crippen LogP contribution in [0.5, 0.6) is 0 Å². The van der Waals surface area contributed by atoms with Crippen LogP contribution in [0.25, 0.3) is 0 Å². The summed E-state index contributed by atoms with van der Waals surface area (Å²) in [6.45, 7) is 5.10. The van der Waals surface area contributed by atoms with Crippen LogP contribution < -0.4 is 10.6 Å². The van der Waals surface area contributed by atoms with E-state index in [1.54, 1.807) is 50.1 Å². The summed E-state index contributed by atoms with van der Waals surface area (Å²) in [4.78, 5) is 39.3. The first-order valence-electron chi connectivity index (χ1n) is 12.4. The average Bonchev–Trinajstić information content (AvgIpc) is 3.59. The number of carbonyl (C=O) groups is 3. The number of aryl methyl sites for hydroxylation is 1. The van der Waals surface area contributed by atoms with Crippen molar-refractivity contribution in [2.75, 3.05) is 19.6 Å². The Bertz CT molecular complexity index is 1430. The predicted octanol–water partition coefficient (Wildman–Crippen LogP) is 1.08. The molecule has 0 bridgehead atoms. The number of carbonyl (C=O) groups excluding carboxylic acids is 3. The SMILES string of the molecule is CC(=O)NCC(C)(C)S(=O)(=O)C1(CN2CCc3c(C(=O)NCc4ccc(C#N)cc4)nn(C)c3C2=O)CC1. The van der Waals surface area contributed by atoms with E-state index in [9.17, 15) is 22.8 Å². The van der Waals surface area contributed by atoms with E-state index in [1.807, 2.05) is 6.07 Å². The van der Waals surface area contributed by atoms with Crippen molar-refractivity contribution >= 4 is 27.6 Å². The maximum Gasteiger partial charge on any atom is 0.272 e. The third-order valence-electron chi connectivity index (χ3n) is 7.37. The Balaban J connectivity index is 1.48. The summed E-state index contributed by atoms with van der Waals surface area (Å²) in [6.07, 6.45) is 1.27. The molecule has 11 nitrogen and oxygen atoms in total. The minimum absolute atomic E-state index is 0.00676. The Hall–Kier alpha value is -3.72. The van der Waals surface area contributed by atoms with Gasteiger partial charge >= 0.3 is 0 Å². The molecule has 1 saturated carbocycles. The number of nitriles is 1. The highest BCUT2D eigenvalue weighted by Gasteiger charge is 2.61. The maximum atomic E-state index is 13.6. The zero-order valence-electron chi connectivity index (χ0n) is 22.0. The van der Waals surface area contributed by atoms with Gasteiger partial charge in [-0.15, -0.1) is 0 Å². The first-order valence-corrected chi connectivity index (χ1v) is 13.9. The predicted molar refractivity (Wildman–Crippen MR) is 139 cm³/mol. The van der Waals surface area contributed by atoms with Crippen molar-refractivity contribution in [1.29, 1.82) is 5.26 Å². The number of benzene rings is 1. The molecule has 0 spiro atoms. The molecule has 1 fully saturated rings. The first kappa shape index (κ1) is 27.3. The second-order valence-electron chi connectivity index (χ2n) is 10.6.